The average molecular weight is 511 g/mol. The molecule has 0 bridgehead atoms. The van der Waals surface area contributed by atoms with Gasteiger partial charge in [-0.3, -0.25) is 4.57 Å². The summed E-state index contributed by atoms with van der Waals surface area (Å²) in [4.78, 5) is 37.5. The van der Waals surface area contributed by atoms with Crippen LogP contribution in [0.4, 0.5) is 4.79 Å². The number of rotatable bonds is 8. The van der Waals surface area contributed by atoms with Gasteiger partial charge < -0.3 is 24.2 Å². The first-order valence-electron chi connectivity index (χ1n) is 11.4. The number of carbonyl (C=O) groups is 1. The normalized spacial score (nSPS) is 18.4. The molecule has 1 heterocycles. The lowest BCUT2D eigenvalue weighted by molar-refractivity contribution is 0.105. The summed E-state index contributed by atoms with van der Waals surface area (Å²) in [6.07, 6.45) is 2.47. The van der Waals surface area contributed by atoms with Crippen LogP contribution in [0.5, 0.6) is 5.75 Å². The third-order valence-electron chi connectivity index (χ3n) is 5.97. The summed E-state index contributed by atoms with van der Waals surface area (Å²) in [7, 11) is -2.43. The second kappa shape index (κ2) is 11.5. The van der Waals surface area contributed by atoms with E-state index < -0.39 is 19.3 Å². The molecule has 2 N–H and O–H groups in total. The van der Waals surface area contributed by atoms with Crippen LogP contribution in [0.3, 0.4) is 0 Å². The number of hydrogen-bond acceptors (Lipinski definition) is 5. The average Bonchev–Trinajstić information content (AvgIpc) is 2.78. The van der Waals surface area contributed by atoms with Gasteiger partial charge in [0.05, 0.1) is 23.2 Å². The molecule has 1 aliphatic carbocycles. The number of amides is 1. The van der Waals surface area contributed by atoms with Crippen molar-refractivity contribution >= 4 is 25.3 Å². The summed E-state index contributed by atoms with van der Waals surface area (Å²) in [5.41, 5.74) is 2.23. The molecular weight excluding hydrogens is 479 g/mol. The van der Waals surface area contributed by atoms with E-state index in [1.807, 2.05) is 32.0 Å². The zero-order valence-electron chi connectivity index (χ0n) is 19.7. The number of halogens is 1. The van der Waals surface area contributed by atoms with Gasteiger partial charge >= 0.3 is 13.7 Å². The monoisotopic (exact) mass is 510 g/mol. The highest BCUT2D eigenvalue weighted by molar-refractivity contribution is 7.52. The number of ether oxygens (including phenoxy) is 2. The molecule has 2 atom stereocenters. The maximum absolute atomic E-state index is 12.2. The van der Waals surface area contributed by atoms with Gasteiger partial charge in [-0.25, -0.2) is 9.78 Å². The third-order valence-corrected chi connectivity index (χ3v) is 7.63. The van der Waals surface area contributed by atoms with E-state index in [2.05, 4.69) is 4.98 Å². The van der Waals surface area contributed by atoms with Crippen molar-refractivity contribution < 1.29 is 28.6 Å². The van der Waals surface area contributed by atoms with E-state index in [9.17, 15) is 19.1 Å². The molecule has 0 spiro atoms. The van der Waals surface area contributed by atoms with Crippen molar-refractivity contribution in [3.05, 3.63) is 46.6 Å². The van der Waals surface area contributed by atoms with Crippen LogP contribution >= 0.6 is 19.2 Å². The van der Waals surface area contributed by atoms with E-state index in [-0.39, 0.29) is 12.7 Å². The molecule has 0 radical (unpaired) electrons. The minimum absolute atomic E-state index is 0.0631. The molecule has 2 aromatic rings. The Morgan fingerprint density at radius 1 is 1.26 bits per heavy atom. The van der Waals surface area contributed by atoms with Crippen LogP contribution in [-0.2, 0) is 15.9 Å². The molecule has 1 aliphatic rings. The Morgan fingerprint density at radius 3 is 2.71 bits per heavy atom. The summed E-state index contributed by atoms with van der Waals surface area (Å²) in [6.45, 7) is 4.49. The molecule has 1 aromatic heterocycles. The van der Waals surface area contributed by atoms with Gasteiger partial charge in [-0.2, -0.15) is 0 Å². The molecule has 1 saturated carbocycles. The van der Waals surface area contributed by atoms with Crippen molar-refractivity contribution in [1.29, 1.82) is 0 Å². The summed E-state index contributed by atoms with van der Waals surface area (Å²) in [5, 5.41) is 0.533. The van der Waals surface area contributed by atoms with Crippen LogP contribution in [-0.4, -0.2) is 51.1 Å². The zero-order valence-corrected chi connectivity index (χ0v) is 21.4. The number of carbonyl (C=O) groups excluding carboxylic acids is 1. The fourth-order valence-electron chi connectivity index (χ4n) is 4.14. The molecule has 186 valence electrons. The molecule has 0 aliphatic heterocycles. The van der Waals surface area contributed by atoms with Gasteiger partial charge in [0, 0.05) is 29.7 Å². The van der Waals surface area contributed by atoms with Gasteiger partial charge in [-0.1, -0.05) is 24.6 Å². The minimum atomic E-state index is -4.12. The van der Waals surface area contributed by atoms with Gasteiger partial charge in [0.25, 0.3) is 0 Å². The van der Waals surface area contributed by atoms with Crippen LogP contribution in [0, 0.1) is 6.92 Å². The lowest BCUT2D eigenvalue weighted by Gasteiger charge is -2.30. The number of aromatic nitrogens is 1. The van der Waals surface area contributed by atoms with E-state index in [1.165, 1.54) is 4.90 Å². The predicted octanol–water partition coefficient (Wildman–Crippen LogP) is 5.56. The van der Waals surface area contributed by atoms with Crippen molar-refractivity contribution in [3.8, 4) is 17.0 Å². The van der Waals surface area contributed by atoms with Gasteiger partial charge in [0.2, 0.25) is 0 Å². The van der Waals surface area contributed by atoms with Crippen LogP contribution in [0.15, 0.2) is 30.3 Å². The molecule has 2 unspecified atom stereocenters. The first-order valence-corrected chi connectivity index (χ1v) is 13.5. The van der Waals surface area contributed by atoms with Gasteiger partial charge in [-0.05, 0) is 63.3 Å². The van der Waals surface area contributed by atoms with Crippen LogP contribution in [0.2, 0.25) is 5.02 Å². The highest BCUT2D eigenvalue weighted by Gasteiger charge is 2.35. The number of benzene rings is 1. The summed E-state index contributed by atoms with van der Waals surface area (Å²) < 4.78 is 23.2. The maximum Gasteiger partial charge on any atom is 0.409 e. The SMILES string of the molecule is CCCN(C)C(=O)OCc1cc(Cl)ccc1-c1ccc(OC2CCCC(P(=O)(O)O)C2)c(C)n1. The Balaban J connectivity index is 1.75. The quantitative estimate of drug-likeness (QED) is 0.447. The van der Waals surface area contributed by atoms with Crippen molar-refractivity contribution in [2.24, 2.45) is 0 Å². The Labute approximate surface area is 205 Å². The van der Waals surface area contributed by atoms with Crippen LogP contribution < -0.4 is 4.74 Å². The molecule has 0 saturated heterocycles. The molecule has 34 heavy (non-hydrogen) atoms. The molecule has 3 rings (SSSR count). The number of nitrogens with zero attached hydrogens (tertiary/aromatic N) is 2. The second-order valence-electron chi connectivity index (χ2n) is 8.71. The minimum Gasteiger partial charge on any atom is -0.489 e. The Kier molecular flexibility index (Phi) is 8.99. The van der Waals surface area contributed by atoms with Crippen molar-refractivity contribution in [1.82, 2.24) is 9.88 Å². The van der Waals surface area contributed by atoms with Crippen molar-refractivity contribution in [3.63, 3.8) is 0 Å². The summed E-state index contributed by atoms with van der Waals surface area (Å²) in [6, 6.07) is 9.00. The van der Waals surface area contributed by atoms with Gasteiger partial charge in [-0.15, -0.1) is 0 Å². The number of hydrogen-bond donors (Lipinski definition) is 2. The first-order chi connectivity index (χ1) is 16.1. The smallest absolute Gasteiger partial charge is 0.409 e. The van der Waals surface area contributed by atoms with Crippen LogP contribution in [0.1, 0.15) is 50.3 Å². The van der Waals surface area contributed by atoms with Gasteiger partial charge in [0.1, 0.15) is 12.4 Å². The molecule has 1 amide bonds. The topological polar surface area (TPSA) is 109 Å². The highest BCUT2D eigenvalue weighted by atomic mass is 35.5. The Morgan fingerprint density at radius 2 is 2.03 bits per heavy atom. The van der Waals surface area contributed by atoms with Crippen LogP contribution in [0.25, 0.3) is 11.3 Å². The largest absolute Gasteiger partial charge is 0.489 e. The highest BCUT2D eigenvalue weighted by Crippen LogP contribution is 2.48. The fourth-order valence-corrected chi connectivity index (χ4v) is 5.37. The molecule has 1 fully saturated rings. The van der Waals surface area contributed by atoms with Crippen molar-refractivity contribution in [2.45, 2.75) is 64.3 Å². The lowest BCUT2D eigenvalue weighted by atomic mass is 9.97. The van der Waals surface area contributed by atoms with Gasteiger partial charge in [0.15, 0.2) is 0 Å². The number of aryl methyl sites for hydroxylation is 1. The predicted molar refractivity (Wildman–Crippen MR) is 131 cm³/mol. The zero-order chi connectivity index (χ0) is 24.9. The molecular formula is C24H32ClN2O6P. The van der Waals surface area contributed by atoms with E-state index in [1.54, 1.807) is 19.2 Å². The van der Waals surface area contributed by atoms with E-state index in [0.717, 1.165) is 24.0 Å². The number of pyridine rings is 1. The van der Waals surface area contributed by atoms with E-state index >= 15 is 0 Å². The summed E-state index contributed by atoms with van der Waals surface area (Å²) in [5.74, 6) is 0.586. The maximum atomic E-state index is 12.2. The standard InChI is InChI=1S/C24H32ClN2O6P/c1-4-12-27(3)24(28)32-15-17-13-18(25)8-9-21(17)22-10-11-23(16(2)26-22)33-19-6-5-7-20(14-19)34(29,30)31/h8-11,13,19-20H,4-7,12,14-15H2,1-3H3,(H2,29,30,31). The Hall–Kier alpha value is -2.12. The molecule has 10 heteroatoms. The fraction of sp³-hybridized carbons (Fsp3) is 0.500. The third kappa shape index (κ3) is 6.95. The lowest BCUT2D eigenvalue weighted by Crippen LogP contribution is -2.28. The first kappa shape index (κ1) is 26.5. The molecule has 8 nitrogen and oxygen atoms in total. The second-order valence-corrected chi connectivity index (χ2v) is 11.1. The molecule has 1 aromatic carbocycles. The van der Waals surface area contributed by atoms with Crippen molar-refractivity contribution in [2.75, 3.05) is 13.6 Å². The van der Waals surface area contributed by atoms with E-state index in [4.69, 9.17) is 21.1 Å². The summed E-state index contributed by atoms with van der Waals surface area (Å²) >= 11 is 6.19. The Bertz CT molecular complexity index is 1060. The van der Waals surface area contributed by atoms with E-state index in [0.29, 0.717) is 48.0 Å².